The maximum atomic E-state index is 7.32. The molecule has 0 aromatic carbocycles. The van der Waals surface area contributed by atoms with Crippen LogP contribution in [0, 0.1) is 11.3 Å². The first-order chi connectivity index (χ1) is 15.8. The fourth-order valence-corrected chi connectivity index (χ4v) is 2.62. The first-order valence-corrected chi connectivity index (χ1v) is 12.2. The summed E-state index contributed by atoms with van der Waals surface area (Å²) in [4.78, 5) is 9.33. The third kappa shape index (κ3) is 21.0. The molecule has 0 atom stereocenters. The number of hydrogen-bond acceptors (Lipinski definition) is 4. The Kier molecular flexibility index (Phi) is 27.2. The number of nitriles is 1. The average Bonchev–Trinajstić information content (AvgIpc) is 2.84. The number of allylic oxidation sites excluding steroid dienone is 1. The molecule has 0 spiro atoms. The number of nitrogens with zero attached hydrogens (tertiary/aromatic N) is 4. The van der Waals surface area contributed by atoms with E-state index < -0.39 is 0 Å². The van der Waals surface area contributed by atoms with Crippen molar-refractivity contribution in [1.82, 2.24) is 14.8 Å². The SMILES string of the molecule is C=C(CC)CC.C=C=C(C)CN(CCC)Cc1cccc(CN(C=C)CC)n1.CC.CC#N. The number of aromatic nitrogens is 1. The summed E-state index contributed by atoms with van der Waals surface area (Å²) in [7, 11) is 0. The van der Waals surface area contributed by atoms with Gasteiger partial charge in [0.15, 0.2) is 0 Å². The van der Waals surface area contributed by atoms with E-state index in [-0.39, 0.29) is 0 Å². The lowest BCUT2D eigenvalue weighted by atomic mass is 10.2. The standard InChI is InChI=1S/C19H29N3.C6H12.C2H3N.C2H6/c1-6-13-22(14-17(5)7-2)16-19-12-10-11-18(20-19)15-21(8-3)9-4;1-4-6(3)5-2;1-2-3;1-2/h8,10-12H,2-3,6,9,13-16H2,1,4-5H3;3-5H2,1-2H3;1H3;1-2H3. The van der Waals surface area contributed by atoms with Gasteiger partial charge >= 0.3 is 0 Å². The Morgan fingerprint density at radius 2 is 1.61 bits per heavy atom. The predicted octanol–water partition coefficient (Wildman–Crippen LogP) is 7.91. The van der Waals surface area contributed by atoms with Crippen molar-refractivity contribution in [2.75, 3.05) is 19.6 Å². The molecule has 1 aromatic rings. The first-order valence-electron chi connectivity index (χ1n) is 12.2. The van der Waals surface area contributed by atoms with E-state index in [1.165, 1.54) is 18.1 Å². The highest BCUT2D eigenvalue weighted by Crippen LogP contribution is 2.09. The molecule has 0 aliphatic heterocycles. The van der Waals surface area contributed by atoms with Crippen molar-refractivity contribution in [2.24, 2.45) is 0 Å². The number of pyridine rings is 1. The normalized spacial score (nSPS) is 8.85. The van der Waals surface area contributed by atoms with Crippen LogP contribution in [-0.4, -0.2) is 34.4 Å². The molecule has 33 heavy (non-hydrogen) atoms. The van der Waals surface area contributed by atoms with Gasteiger partial charge in [-0.3, -0.25) is 9.88 Å². The van der Waals surface area contributed by atoms with Crippen molar-refractivity contribution >= 4 is 0 Å². The monoisotopic (exact) mass is 454 g/mol. The molecule has 1 rings (SSSR count). The Morgan fingerprint density at radius 1 is 1.09 bits per heavy atom. The molecule has 4 nitrogen and oxygen atoms in total. The molecule has 0 unspecified atom stereocenters. The van der Waals surface area contributed by atoms with Crippen LogP contribution in [0.25, 0.3) is 0 Å². The van der Waals surface area contributed by atoms with Crippen LogP contribution in [-0.2, 0) is 13.1 Å². The van der Waals surface area contributed by atoms with E-state index in [0.717, 1.165) is 63.4 Å². The van der Waals surface area contributed by atoms with Crippen LogP contribution in [0.4, 0.5) is 0 Å². The highest BCUT2D eigenvalue weighted by Gasteiger charge is 2.08. The second-order valence-corrected chi connectivity index (χ2v) is 7.21. The fourth-order valence-electron chi connectivity index (χ4n) is 2.62. The predicted molar refractivity (Wildman–Crippen MR) is 147 cm³/mol. The van der Waals surface area contributed by atoms with Gasteiger partial charge in [0.05, 0.1) is 24.0 Å². The maximum Gasteiger partial charge on any atom is 0.0600 e. The van der Waals surface area contributed by atoms with E-state index in [1.807, 2.05) is 20.0 Å². The second-order valence-electron chi connectivity index (χ2n) is 7.21. The van der Waals surface area contributed by atoms with Crippen molar-refractivity contribution in [2.45, 2.75) is 87.7 Å². The Balaban J connectivity index is -0.000000685. The van der Waals surface area contributed by atoms with Crippen molar-refractivity contribution in [3.8, 4) is 6.07 Å². The van der Waals surface area contributed by atoms with Crippen LogP contribution >= 0.6 is 0 Å². The van der Waals surface area contributed by atoms with Crippen LogP contribution in [0.15, 0.2) is 61.0 Å². The van der Waals surface area contributed by atoms with Gasteiger partial charge in [-0.1, -0.05) is 66.0 Å². The van der Waals surface area contributed by atoms with Gasteiger partial charge in [-0.05, 0) is 63.6 Å². The average molecular weight is 455 g/mol. The maximum absolute atomic E-state index is 7.32. The van der Waals surface area contributed by atoms with E-state index in [2.05, 4.69) is 88.1 Å². The topological polar surface area (TPSA) is 43.2 Å². The molecule has 0 radical (unpaired) electrons. The molecular weight excluding hydrogens is 404 g/mol. The highest BCUT2D eigenvalue weighted by atomic mass is 15.1. The van der Waals surface area contributed by atoms with Gasteiger partial charge in [0.25, 0.3) is 0 Å². The lowest BCUT2D eigenvalue weighted by molar-refractivity contribution is 0.284. The summed E-state index contributed by atoms with van der Waals surface area (Å²) in [6.45, 7) is 32.0. The fraction of sp³-hybridized carbons (Fsp3) is 0.552. The van der Waals surface area contributed by atoms with Crippen molar-refractivity contribution in [3.63, 3.8) is 0 Å². The van der Waals surface area contributed by atoms with Crippen molar-refractivity contribution < 1.29 is 0 Å². The lowest BCUT2D eigenvalue weighted by Gasteiger charge is -2.22. The summed E-state index contributed by atoms with van der Waals surface area (Å²) in [5.74, 6) is 0. The minimum atomic E-state index is 0.813. The molecular formula is C29H50N4. The Hall–Kier alpha value is -2.60. The van der Waals surface area contributed by atoms with Gasteiger partial charge in [0.1, 0.15) is 0 Å². The molecule has 0 bridgehead atoms. The third-order valence-electron chi connectivity index (χ3n) is 4.58. The molecule has 0 fully saturated rings. The molecule has 0 saturated heterocycles. The van der Waals surface area contributed by atoms with Gasteiger partial charge in [0.2, 0.25) is 0 Å². The van der Waals surface area contributed by atoms with Gasteiger partial charge in [-0.25, -0.2) is 0 Å². The summed E-state index contributed by atoms with van der Waals surface area (Å²) in [6.07, 6.45) is 5.27. The largest absolute Gasteiger partial charge is 0.372 e. The Labute approximate surface area is 206 Å². The van der Waals surface area contributed by atoms with Gasteiger partial charge in [-0.15, -0.1) is 5.73 Å². The molecule has 0 N–H and O–H groups in total. The molecule has 0 saturated carbocycles. The minimum absolute atomic E-state index is 0.813. The smallest absolute Gasteiger partial charge is 0.0600 e. The van der Waals surface area contributed by atoms with Gasteiger partial charge in [0, 0.05) is 26.6 Å². The molecule has 0 aliphatic carbocycles. The molecule has 1 heterocycles. The summed E-state index contributed by atoms with van der Waals surface area (Å²) < 4.78 is 0. The quantitative estimate of drug-likeness (QED) is 0.238. The van der Waals surface area contributed by atoms with Crippen LogP contribution < -0.4 is 0 Å². The van der Waals surface area contributed by atoms with E-state index in [4.69, 9.17) is 10.2 Å². The lowest BCUT2D eigenvalue weighted by Crippen LogP contribution is -2.26. The second kappa shape index (κ2) is 25.7. The number of rotatable bonds is 12. The Morgan fingerprint density at radius 3 is 1.97 bits per heavy atom. The van der Waals surface area contributed by atoms with Crippen molar-refractivity contribution in [3.05, 3.63) is 72.4 Å². The summed E-state index contributed by atoms with van der Waals surface area (Å²) in [5, 5.41) is 7.32. The van der Waals surface area contributed by atoms with Crippen molar-refractivity contribution in [1.29, 1.82) is 5.26 Å². The van der Waals surface area contributed by atoms with Gasteiger partial charge in [-0.2, -0.15) is 5.26 Å². The molecule has 186 valence electrons. The zero-order valence-electron chi connectivity index (χ0n) is 22.9. The van der Waals surface area contributed by atoms with E-state index in [0.29, 0.717) is 0 Å². The summed E-state index contributed by atoms with van der Waals surface area (Å²) >= 11 is 0. The van der Waals surface area contributed by atoms with Crippen LogP contribution in [0.3, 0.4) is 0 Å². The van der Waals surface area contributed by atoms with Gasteiger partial charge < -0.3 is 4.90 Å². The van der Waals surface area contributed by atoms with Crippen LogP contribution in [0.2, 0.25) is 0 Å². The zero-order valence-corrected chi connectivity index (χ0v) is 22.9. The van der Waals surface area contributed by atoms with E-state index in [9.17, 15) is 0 Å². The molecule has 4 heteroatoms. The molecule has 0 aliphatic rings. The highest BCUT2D eigenvalue weighted by molar-refractivity contribution is 5.12. The third-order valence-corrected chi connectivity index (χ3v) is 4.58. The van der Waals surface area contributed by atoms with E-state index >= 15 is 0 Å². The molecule has 0 amide bonds. The van der Waals surface area contributed by atoms with Crippen LogP contribution in [0.5, 0.6) is 0 Å². The van der Waals surface area contributed by atoms with Crippen LogP contribution in [0.1, 0.15) is 86.0 Å². The minimum Gasteiger partial charge on any atom is -0.372 e. The summed E-state index contributed by atoms with van der Waals surface area (Å²) in [6, 6.07) is 8.02. The first kappa shape index (κ1) is 35.0. The van der Waals surface area contributed by atoms with E-state index in [1.54, 1.807) is 6.07 Å². The summed E-state index contributed by atoms with van der Waals surface area (Å²) in [5.41, 5.74) is 7.70. The Bertz CT molecular complexity index is 703. The number of hydrogen-bond donors (Lipinski definition) is 0. The molecule has 1 aromatic heterocycles. The zero-order chi connectivity index (χ0) is 26.1.